The summed E-state index contributed by atoms with van der Waals surface area (Å²) >= 11 is 0. The molecule has 0 aliphatic carbocycles. The van der Waals surface area contributed by atoms with Gasteiger partial charge in [-0.2, -0.15) is 0 Å². The molecule has 1 aliphatic heterocycles. The number of nitrogens with one attached hydrogen (secondary N) is 1. The van der Waals surface area contributed by atoms with Crippen molar-refractivity contribution in [1.82, 2.24) is 14.9 Å². The molecule has 4 nitrogen and oxygen atoms in total. The normalized spacial score (nSPS) is 15.0. The minimum Gasteiger partial charge on any atom is -0.311 e. The lowest BCUT2D eigenvalue weighted by Crippen LogP contribution is -2.35. The molecule has 0 saturated carbocycles. The summed E-state index contributed by atoms with van der Waals surface area (Å²) in [5.41, 5.74) is 5.80. The van der Waals surface area contributed by atoms with Gasteiger partial charge in [0.25, 0.3) is 5.56 Å². The van der Waals surface area contributed by atoms with Gasteiger partial charge in [0.05, 0.1) is 5.69 Å². The van der Waals surface area contributed by atoms with E-state index >= 15 is 0 Å². The maximum absolute atomic E-state index is 11.9. The molecule has 0 unspecified atom stereocenters. The average Bonchev–Trinajstić information content (AvgIpc) is 2.41. The van der Waals surface area contributed by atoms with Gasteiger partial charge in [-0.15, -0.1) is 0 Å². The van der Waals surface area contributed by atoms with Gasteiger partial charge in [-0.25, -0.2) is 4.98 Å². The summed E-state index contributed by atoms with van der Waals surface area (Å²) < 4.78 is 0. The van der Waals surface area contributed by atoms with E-state index in [-0.39, 0.29) is 5.56 Å². The fraction of sp³-hybridized carbons (Fsp3) is 0.412. The third kappa shape index (κ3) is 2.90. The molecule has 21 heavy (non-hydrogen) atoms. The first-order chi connectivity index (χ1) is 10.0. The van der Waals surface area contributed by atoms with E-state index in [1.165, 1.54) is 16.7 Å². The van der Waals surface area contributed by atoms with Gasteiger partial charge >= 0.3 is 0 Å². The Labute approximate surface area is 124 Å². The maximum atomic E-state index is 11.9. The van der Waals surface area contributed by atoms with Crippen LogP contribution < -0.4 is 5.56 Å². The van der Waals surface area contributed by atoms with E-state index in [0.29, 0.717) is 5.82 Å². The van der Waals surface area contributed by atoms with Gasteiger partial charge in [0.2, 0.25) is 0 Å². The van der Waals surface area contributed by atoms with E-state index < -0.39 is 0 Å². The quantitative estimate of drug-likeness (QED) is 0.919. The van der Waals surface area contributed by atoms with Gasteiger partial charge in [-0.05, 0) is 38.3 Å². The van der Waals surface area contributed by atoms with E-state index in [9.17, 15) is 4.79 Å². The van der Waals surface area contributed by atoms with Crippen molar-refractivity contribution in [3.63, 3.8) is 0 Å². The van der Waals surface area contributed by atoms with Gasteiger partial charge < -0.3 is 4.98 Å². The molecular formula is C17H21N3O. The molecule has 0 amide bonds. The Hall–Kier alpha value is -1.94. The number of hydrogen-bond acceptors (Lipinski definition) is 3. The largest absolute Gasteiger partial charge is 0.311 e. The number of fused-ring (bicyclic) bond motifs is 1. The Morgan fingerprint density at radius 1 is 1.29 bits per heavy atom. The summed E-state index contributed by atoms with van der Waals surface area (Å²) in [5.74, 6) is 0.701. The van der Waals surface area contributed by atoms with Crippen LogP contribution in [0.25, 0.3) is 0 Å². The van der Waals surface area contributed by atoms with Gasteiger partial charge in [0.1, 0.15) is 5.82 Å². The Morgan fingerprint density at radius 2 is 2.10 bits per heavy atom. The molecule has 0 fully saturated rings. The summed E-state index contributed by atoms with van der Waals surface area (Å²) in [6, 6.07) is 6.59. The monoisotopic (exact) mass is 283 g/mol. The number of H-pyrrole nitrogens is 1. The van der Waals surface area contributed by atoms with Crippen LogP contribution in [-0.4, -0.2) is 21.4 Å². The van der Waals surface area contributed by atoms with Crippen molar-refractivity contribution in [2.24, 2.45) is 0 Å². The molecule has 0 spiro atoms. The van der Waals surface area contributed by atoms with Crippen molar-refractivity contribution in [3.05, 3.63) is 62.3 Å². The number of aromatic nitrogens is 2. The second-order valence-corrected chi connectivity index (χ2v) is 5.97. The highest BCUT2D eigenvalue weighted by molar-refractivity contribution is 5.30. The lowest BCUT2D eigenvalue weighted by Gasteiger charge is -2.28. The average molecular weight is 283 g/mol. The Kier molecular flexibility index (Phi) is 3.64. The molecule has 1 aromatic carbocycles. The Balaban J connectivity index is 1.82. The summed E-state index contributed by atoms with van der Waals surface area (Å²) in [6.07, 6.45) is 0.781. The number of nitrogens with zero attached hydrogens (tertiary/aromatic N) is 2. The molecule has 0 bridgehead atoms. The van der Waals surface area contributed by atoms with Crippen molar-refractivity contribution >= 4 is 0 Å². The Morgan fingerprint density at radius 3 is 2.86 bits per heavy atom. The zero-order valence-corrected chi connectivity index (χ0v) is 12.9. The summed E-state index contributed by atoms with van der Waals surface area (Å²) in [4.78, 5) is 21.6. The Bertz CT molecular complexity index is 733. The van der Waals surface area contributed by atoms with E-state index in [4.69, 9.17) is 0 Å². The van der Waals surface area contributed by atoms with Crippen molar-refractivity contribution in [2.75, 3.05) is 6.54 Å². The van der Waals surface area contributed by atoms with Crippen LogP contribution in [0.1, 0.15) is 33.8 Å². The maximum Gasteiger partial charge on any atom is 0.254 e. The summed E-state index contributed by atoms with van der Waals surface area (Å²) in [7, 11) is 0. The minimum atomic E-state index is 0.0312. The van der Waals surface area contributed by atoms with Crippen molar-refractivity contribution in [3.8, 4) is 0 Å². The van der Waals surface area contributed by atoms with Crippen LogP contribution in [0.5, 0.6) is 0 Å². The van der Waals surface area contributed by atoms with Crippen LogP contribution in [0.3, 0.4) is 0 Å². The molecule has 2 heterocycles. The minimum absolute atomic E-state index is 0.0312. The molecule has 2 aromatic rings. The van der Waals surface area contributed by atoms with Crippen molar-refractivity contribution in [1.29, 1.82) is 0 Å². The predicted octanol–water partition coefficient (Wildman–Crippen LogP) is 2.25. The summed E-state index contributed by atoms with van der Waals surface area (Å²) in [5, 5.41) is 0. The standard InChI is InChI=1S/C17H21N3O/c1-11-4-5-14(12(2)8-11)9-20-7-6-15-16(10-20)18-13(3)19-17(15)21/h4-5,8H,6-7,9-10H2,1-3H3,(H,18,19,21). The highest BCUT2D eigenvalue weighted by Crippen LogP contribution is 2.18. The fourth-order valence-electron chi connectivity index (χ4n) is 3.02. The van der Waals surface area contributed by atoms with E-state index in [2.05, 4.69) is 46.9 Å². The molecule has 0 atom stereocenters. The molecule has 3 rings (SSSR count). The first kappa shape index (κ1) is 14.0. The third-order valence-corrected chi connectivity index (χ3v) is 4.16. The molecule has 4 heteroatoms. The fourth-order valence-corrected chi connectivity index (χ4v) is 3.02. The van der Waals surface area contributed by atoms with Crippen LogP contribution in [0.4, 0.5) is 0 Å². The topological polar surface area (TPSA) is 49.0 Å². The number of rotatable bonds is 2. The first-order valence-electron chi connectivity index (χ1n) is 7.40. The molecule has 1 aromatic heterocycles. The van der Waals surface area contributed by atoms with Crippen LogP contribution >= 0.6 is 0 Å². The smallest absolute Gasteiger partial charge is 0.254 e. The number of hydrogen-bond donors (Lipinski definition) is 1. The molecule has 1 aliphatic rings. The van der Waals surface area contributed by atoms with Gasteiger partial charge in [-0.3, -0.25) is 9.69 Å². The zero-order chi connectivity index (χ0) is 15.0. The predicted molar refractivity (Wildman–Crippen MR) is 83.3 cm³/mol. The number of aryl methyl sites for hydroxylation is 3. The van der Waals surface area contributed by atoms with Gasteiger partial charge in [0, 0.05) is 25.2 Å². The highest BCUT2D eigenvalue weighted by Gasteiger charge is 2.20. The molecule has 110 valence electrons. The lowest BCUT2D eigenvalue weighted by atomic mass is 10.0. The molecule has 1 N–H and O–H groups in total. The van der Waals surface area contributed by atoms with Crippen LogP contribution in [0.15, 0.2) is 23.0 Å². The van der Waals surface area contributed by atoms with E-state index in [0.717, 1.165) is 37.3 Å². The molecular weight excluding hydrogens is 262 g/mol. The number of benzene rings is 1. The summed E-state index contributed by atoms with van der Waals surface area (Å²) in [6.45, 7) is 8.70. The van der Waals surface area contributed by atoms with Crippen molar-refractivity contribution < 1.29 is 0 Å². The number of aromatic amines is 1. The van der Waals surface area contributed by atoms with Gasteiger partial charge in [-0.1, -0.05) is 23.8 Å². The van der Waals surface area contributed by atoms with E-state index in [1.807, 2.05) is 6.92 Å². The van der Waals surface area contributed by atoms with Gasteiger partial charge in [0.15, 0.2) is 0 Å². The van der Waals surface area contributed by atoms with Crippen LogP contribution in [0.2, 0.25) is 0 Å². The second-order valence-electron chi connectivity index (χ2n) is 5.97. The highest BCUT2D eigenvalue weighted by atomic mass is 16.1. The zero-order valence-electron chi connectivity index (χ0n) is 12.9. The van der Waals surface area contributed by atoms with E-state index in [1.54, 1.807) is 0 Å². The molecule has 0 radical (unpaired) electrons. The SMILES string of the molecule is Cc1ccc(CN2CCc3c(nc(C)[nH]c3=O)C2)c(C)c1. The second kappa shape index (κ2) is 5.45. The lowest BCUT2D eigenvalue weighted by molar-refractivity contribution is 0.239. The first-order valence-corrected chi connectivity index (χ1v) is 7.40. The molecule has 0 saturated heterocycles. The van der Waals surface area contributed by atoms with Crippen LogP contribution in [-0.2, 0) is 19.5 Å². The van der Waals surface area contributed by atoms with Crippen LogP contribution in [0, 0.1) is 20.8 Å². The van der Waals surface area contributed by atoms with Crippen molar-refractivity contribution in [2.45, 2.75) is 40.3 Å². The third-order valence-electron chi connectivity index (χ3n) is 4.16.